The summed E-state index contributed by atoms with van der Waals surface area (Å²) >= 11 is 0. The fraction of sp³-hybridized carbons (Fsp3) is 0.471. The number of likely N-dealkylation sites (N-methyl/N-ethyl adjacent to an activating group) is 1. The molecule has 0 saturated heterocycles. The Morgan fingerprint density at radius 2 is 1.95 bits per heavy atom. The van der Waals surface area contributed by atoms with Gasteiger partial charge < -0.3 is 5.32 Å². The zero-order valence-electron chi connectivity index (χ0n) is 13.3. The average Bonchev–Trinajstić information content (AvgIpc) is 2.53. The number of hydrogen-bond acceptors (Lipinski definition) is 4. The second-order valence-electron chi connectivity index (χ2n) is 5.30. The zero-order valence-corrected chi connectivity index (χ0v) is 13.3. The summed E-state index contributed by atoms with van der Waals surface area (Å²) in [5, 5.41) is 11.9. The van der Waals surface area contributed by atoms with E-state index in [4.69, 9.17) is 0 Å². The Labute approximate surface area is 127 Å². The Morgan fingerprint density at radius 1 is 1.14 bits per heavy atom. The Kier molecular flexibility index (Phi) is 5.39. The second-order valence-corrected chi connectivity index (χ2v) is 5.30. The van der Waals surface area contributed by atoms with E-state index in [1.165, 1.54) is 11.1 Å². The summed E-state index contributed by atoms with van der Waals surface area (Å²) in [4.78, 5) is 4.56. The van der Waals surface area contributed by atoms with E-state index >= 15 is 0 Å². The molecule has 0 aliphatic carbocycles. The van der Waals surface area contributed by atoms with Crippen LogP contribution >= 0.6 is 0 Å². The van der Waals surface area contributed by atoms with Crippen molar-refractivity contribution in [3.63, 3.8) is 0 Å². The van der Waals surface area contributed by atoms with E-state index in [1.807, 2.05) is 20.2 Å². The Morgan fingerprint density at radius 3 is 2.52 bits per heavy atom. The first kappa shape index (κ1) is 15.6. The van der Waals surface area contributed by atoms with Crippen molar-refractivity contribution >= 4 is 0 Å². The highest BCUT2D eigenvalue weighted by Gasteiger charge is 2.16. The van der Waals surface area contributed by atoms with Crippen LogP contribution in [-0.4, -0.2) is 22.2 Å². The molecule has 1 N–H and O–H groups in total. The van der Waals surface area contributed by atoms with Gasteiger partial charge in [-0.3, -0.25) is 4.98 Å². The Balaban J connectivity index is 2.24. The lowest BCUT2D eigenvalue weighted by atomic mass is 9.98. The van der Waals surface area contributed by atoms with Crippen LogP contribution in [0.5, 0.6) is 0 Å². The van der Waals surface area contributed by atoms with Crippen molar-refractivity contribution in [3.8, 4) is 0 Å². The van der Waals surface area contributed by atoms with Crippen LogP contribution in [-0.2, 0) is 19.3 Å². The third-order valence-electron chi connectivity index (χ3n) is 3.79. The fourth-order valence-electron chi connectivity index (χ4n) is 2.47. The van der Waals surface area contributed by atoms with Gasteiger partial charge in [0.2, 0.25) is 0 Å². The minimum atomic E-state index is 0.217. The predicted octanol–water partition coefficient (Wildman–Crippen LogP) is 2.81. The molecule has 21 heavy (non-hydrogen) atoms. The number of rotatable bonds is 6. The lowest BCUT2D eigenvalue weighted by Gasteiger charge is -2.19. The first-order chi connectivity index (χ1) is 10.2. The molecule has 2 aromatic rings. The quantitative estimate of drug-likeness (QED) is 0.886. The molecule has 0 amide bonds. The largest absolute Gasteiger partial charge is 0.313 e. The normalized spacial score (nSPS) is 12.4. The zero-order chi connectivity index (χ0) is 15.2. The summed E-state index contributed by atoms with van der Waals surface area (Å²) in [6.45, 7) is 6.24. The van der Waals surface area contributed by atoms with Crippen molar-refractivity contribution in [2.75, 3.05) is 7.05 Å². The Bertz CT molecular complexity index is 578. The molecule has 2 aromatic heterocycles. The van der Waals surface area contributed by atoms with E-state index < -0.39 is 0 Å². The molecule has 4 nitrogen and oxygen atoms in total. The van der Waals surface area contributed by atoms with Gasteiger partial charge in [0, 0.05) is 24.4 Å². The van der Waals surface area contributed by atoms with Gasteiger partial charge in [-0.05, 0) is 50.1 Å². The highest BCUT2D eigenvalue weighted by atomic mass is 15.1. The lowest BCUT2D eigenvalue weighted by Crippen LogP contribution is -2.22. The maximum atomic E-state index is 4.56. The number of aryl methyl sites for hydroxylation is 3. The standard InChI is InChI=1S/C17H24N4/c1-5-13-7-8-14(19-11-13)10-17(18-4)15-9-12(3)20-21-16(15)6-2/h7-9,11,17-18H,5-6,10H2,1-4H3. The molecule has 0 aliphatic rings. The number of hydrogen-bond donors (Lipinski definition) is 1. The van der Waals surface area contributed by atoms with Crippen LogP contribution in [0.25, 0.3) is 0 Å². The summed E-state index contributed by atoms with van der Waals surface area (Å²) in [7, 11) is 1.99. The van der Waals surface area contributed by atoms with Crippen LogP contribution in [0.15, 0.2) is 24.4 Å². The number of pyridine rings is 1. The van der Waals surface area contributed by atoms with E-state index in [-0.39, 0.29) is 6.04 Å². The second kappa shape index (κ2) is 7.27. The molecular formula is C17H24N4. The molecule has 0 bridgehead atoms. The van der Waals surface area contributed by atoms with Gasteiger partial charge in [0.15, 0.2) is 0 Å². The van der Waals surface area contributed by atoms with E-state index in [0.29, 0.717) is 0 Å². The highest BCUT2D eigenvalue weighted by Crippen LogP contribution is 2.21. The van der Waals surface area contributed by atoms with Crippen LogP contribution in [0.1, 0.15) is 48.1 Å². The third kappa shape index (κ3) is 3.85. The molecule has 112 valence electrons. The predicted molar refractivity (Wildman–Crippen MR) is 85.3 cm³/mol. The smallest absolute Gasteiger partial charge is 0.0676 e. The average molecular weight is 284 g/mol. The first-order valence-electron chi connectivity index (χ1n) is 7.62. The molecular weight excluding hydrogens is 260 g/mol. The maximum absolute atomic E-state index is 4.56. The van der Waals surface area contributed by atoms with Gasteiger partial charge in [-0.1, -0.05) is 19.9 Å². The Hall–Kier alpha value is -1.81. The fourth-order valence-corrected chi connectivity index (χ4v) is 2.47. The van der Waals surface area contributed by atoms with Crippen LogP contribution in [0.4, 0.5) is 0 Å². The van der Waals surface area contributed by atoms with Crippen molar-refractivity contribution in [1.82, 2.24) is 20.5 Å². The summed E-state index contributed by atoms with van der Waals surface area (Å²) < 4.78 is 0. The van der Waals surface area contributed by atoms with Gasteiger partial charge >= 0.3 is 0 Å². The highest BCUT2D eigenvalue weighted by molar-refractivity contribution is 5.26. The molecule has 1 atom stereocenters. The van der Waals surface area contributed by atoms with Gasteiger partial charge in [-0.25, -0.2) is 0 Å². The minimum absolute atomic E-state index is 0.217. The molecule has 0 fully saturated rings. The van der Waals surface area contributed by atoms with Crippen LogP contribution in [0.3, 0.4) is 0 Å². The number of nitrogens with zero attached hydrogens (tertiary/aromatic N) is 3. The summed E-state index contributed by atoms with van der Waals surface area (Å²) in [5.74, 6) is 0. The van der Waals surface area contributed by atoms with Crippen molar-refractivity contribution < 1.29 is 0 Å². The van der Waals surface area contributed by atoms with E-state index in [9.17, 15) is 0 Å². The molecule has 0 spiro atoms. The topological polar surface area (TPSA) is 50.7 Å². The van der Waals surface area contributed by atoms with Crippen molar-refractivity contribution in [3.05, 3.63) is 52.6 Å². The van der Waals surface area contributed by atoms with Gasteiger partial charge in [0.25, 0.3) is 0 Å². The van der Waals surface area contributed by atoms with Crippen molar-refractivity contribution in [2.45, 2.75) is 46.1 Å². The minimum Gasteiger partial charge on any atom is -0.313 e. The van der Waals surface area contributed by atoms with Gasteiger partial charge in [-0.15, -0.1) is 0 Å². The third-order valence-corrected chi connectivity index (χ3v) is 3.79. The first-order valence-corrected chi connectivity index (χ1v) is 7.62. The molecule has 4 heteroatoms. The van der Waals surface area contributed by atoms with Crippen molar-refractivity contribution in [1.29, 1.82) is 0 Å². The van der Waals surface area contributed by atoms with Crippen LogP contribution in [0, 0.1) is 6.92 Å². The summed E-state index contributed by atoms with van der Waals surface area (Å²) in [5.41, 5.74) is 5.62. The van der Waals surface area contributed by atoms with E-state index in [1.54, 1.807) is 0 Å². The molecule has 2 rings (SSSR count). The van der Waals surface area contributed by atoms with Gasteiger partial charge in [0.1, 0.15) is 0 Å². The summed E-state index contributed by atoms with van der Waals surface area (Å²) in [6.07, 6.45) is 4.75. The number of aromatic nitrogens is 3. The van der Waals surface area contributed by atoms with Crippen LogP contribution in [0.2, 0.25) is 0 Å². The summed E-state index contributed by atoms with van der Waals surface area (Å²) in [6, 6.07) is 6.63. The SMILES string of the molecule is CCc1ccc(CC(NC)c2cc(C)nnc2CC)nc1. The maximum Gasteiger partial charge on any atom is 0.0676 e. The van der Waals surface area contributed by atoms with E-state index in [0.717, 1.165) is 36.3 Å². The lowest BCUT2D eigenvalue weighted by molar-refractivity contribution is 0.571. The molecule has 1 unspecified atom stereocenters. The van der Waals surface area contributed by atoms with Crippen LogP contribution < -0.4 is 5.32 Å². The van der Waals surface area contributed by atoms with Crippen molar-refractivity contribution in [2.24, 2.45) is 0 Å². The van der Waals surface area contributed by atoms with E-state index in [2.05, 4.69) is 52.5 Å². The molecule has 0 aliphatic heterocycles. The molecule has 0 saturated carbocycles. The monoisotopic (exact) mass is 284 g/mol. The number of nitrogens with one attached hydrogen (secondary N) is 1. The molecule has 0 radical (unpaired) electrons. The molecule has 0 aromatic carbocycles. The molecule has 2 heterocycles. The van der Waals surface area contributed by atoms with Gasteiger partial charge in [-0.2, -0.15) is 10.2 Å². The van der Waals surface area contributed by atoms with Gasteiger partial charge in [0.05, 0.1) is 11.4 Å².